The van der Waals surface area contributed by atoms with Crippen molar-refractivity contribution < 1.29 is 4.39 Å². The summed E-state index contributed by atoms with van der Waals surface area (Å²) in [4.78, 5) is 0. The number of alkyl halides is 1. The van der Waals surface area contributed by atoms with E-state index in [-0.39, 0.29) is 6.54 Å². The summed E-state index contributed by atoms with van der Waals surface area (Å²) in [6.45, 7) is 5.38. The quantitative estimate of drug-likeness (QED) is 0.854. The molecule has 2 rings (SSSR count). The van der Waals surface area contributed by atoms with Gasteiger partial charge in [-0.25, -0.2) is 9.07 Å². The van der Waals surface area contributed by atoms with Crippen LogP contribution in [0.5, 0.6) is 0 Å². The van der Waals surface area contributed by atoms with E-state index in [4.69, 9.17) is 0 Å². The Balaban J connectivity index is 2.08. The molecule has 0 radical (unpaired) electrons. The maximum absolute atomic E-state index is 12.4. The summed E-state index contributed by atoms with van der Waals surface area (Å²) >= 11 is 0. The van der Waals surface area contributed by atoms with E-state index in [1.54, 1.807) is 17.1 Å². The van der Waals surface area contributed by atoms with Crippen molar-refractivity contribution in [1.82, 2.24) is 19.6 Å². The van der Waals surface area contributed by atoms with Crippen LogP contribution in [0.15, 0.2) is 18.5 Å². The second-order valence-corrected chi connectivity index (χ2v) is 4.08. The molecule has 0 atom stereocenters. The number of anilines is 1. The van der Waals surface area contributed by atoms with Crippen molar-refractivity contribution in [1.29, 1.82) is 0 Å². The summed E-state index contributed by atoms with van der Waals surface area (Å²) in [5.41, 5.74) is 2.12. The molecule has 0 amide bonds. The molecule has 0 aliphatic rings. The molecule has 0 unspecified atom stereocenters. The van der Waals surface area contributed by atoms with Crippen LogP contribution < -0.4 is 5.32 Å². The third-order valence-corrected chi connectivity index (χ3v) is 2.86. The molecule has 0 aliphatic heterocycles. The van der Waals surface area contributed by atoms with Crippen LogP contribution >= 0.6 is 0 Å². The third kappa shape index (κ3) is 2.52. The maximum Gasteiger partial charge on any atom is 0.127 e. The first kappa shape index (κ1) is 12.6. The molecule has 0 aromatic carbocycles. The Bertz CT molecular complexity index is 502. The van der Waals surface area contributed by atoms with Crippen molar-refractivity contribution >= 4 is 5.82 Å². The van der Waals surface area contributed by atoms with Gasteiger partial charge in [0.1, 0.15) is 12.5 Å². The first-order valence-electron chi connectivity index (χ1n) is 6.09. The highest BCUT2D eigenvalue weighted by Crippen LogP contribution is 2.15. The van der Waals surface area contributed by atoms with Gasteiger partial charge >= 0.3 is 0 Å². The Morgan fingerprint density at radius 1 is 1.33 bits per heavy atom. The molecule has 0 spiro atoms. The first-order chi connectivity index (χ1) is 8.76. The number of nitrogens with zero attached hydrogens (tertiary/aromatic N) is 4. The van der Waals surface area contributed by atoms with Crippen LogP contribution in [0.3, 0.4) is 0 Å². The van der Waals surface area contributed by atoms with E-state index in [0.717, 1.165) is 23.6 Å². The minimum absolute atomic E-state index is 0.281. The Kier molecular flexibility index (Phi) is 3.96. The van der Waals surface area contributed by atoms with Crippen LogP contribution in [0.2, 0.25) is 0 Å². The summed E-state index contributed by atoms with van der Waals surface area (Å²) in [6.07, 6.45) is 3.53. The fraction of sp³-hybridized carbons (Fsp3) is 0.500. The largest absolute Gasteiger partial charge is 0.364 e. The first-order valence-corrected chi connectivity index (χ1v) is 6.09. The molecule has 5 nitrogen and oxygen atoms in total. The highest BCUT2D eigenvalue weighted by molar-refractivity contribution is 5.43. The maximum atomic E-state index is 12.4. The SMILES string of the molecule is CCn1nccc1CNc1c(C)cnn1CCF. The van der Waals surface area contributed by atoms with Crippen molar-refractivity contribution in [3.8, 4) is 0 Å². The van der Waals surface area contributed by atoms with E-state index < -0.39 is 6.67 Å². The molecule has 98 valence electrons. The van der Waals surface area contributed by atoms with Crippen LogP contribution in [0.1, 0.15) is 18.2 Å². The highest BCUT2D eigenvalue weighted by atomic mass is 19.1. The van der Waals surface area contributed by atoms with Gasteiger partial charge in [-0.1, -0.05) is 0 Å². The predicted octanol–water partition coefficient (Wildman–Crippen LogP) is 1.99. The lowest BCUT2D eigenvalue weighted by molar-refractivity contribution is 0.429. The summed E-state index contributed by atoms with van der Waals surface area (Å²) in [5.74, 6) is 0.872. The monoisotopic (exact) mass is 251 g/mol. The zero-order chi connectivity index (χ0) is 13.0. The van der Waals surface area contributed by atoms with Gasteiger partial charge in [0.05, 0.1) is 25.0 Å². The number of aromatic nitrogens is 4. The van der Waals surface area contributed by atoms with E-state index >= 15 is 0 Å². The zero-order valence-electron chi connectivity index (χ0n) is 10.7. The van der Waals surface area contributed by atoms with Crippen LogP contribution in [0.4, 0.5) is 10.2 Å². The lowest BCUT2D eigenvalue weighted by Crippen LogP contribution is -2.12. The minimum Gasteiger partial charge on any atom is -0.364 e. The Morgan fingerprint density at radius 2 is 2.17 bits per heavy atom. The number of nitrogens with one attached hydrogen (secondary N) is 1. The van der Waals surface area contributed by atoms with Crippen LogP contribution in [0, 0.1) is 6.92 Å². The van der Waals surface area contributed by atoms with E-state index in [1.165, 1.54) is 0 Å². The van der Waals surface area contributed by atoms with Crippen molar-refractivity contribution in [2.75, 3.05) is 12.0 Å². The molecule has 0 saturated heterocycles. The number of aryl methyl sites for hydroxylation is 3. The van der Waals surface area contributed by atoms with E-state index in [2.05, 4.69) is 22.4 Å². The number of rotatable bonds is 6. The summed E-state index contributed by atoms with van der Waals surface area (Å²) in [7, 11) is 0. The number of halogens is 1. The topological polar surface area (TPSA) is 47.7 Å². The Morgan fingerprint density at radius 3 is 2.89 bits per heavy atom. The lowest BCUT2D eigenvalue weighted by Gasteiger charge is -2.10. The van der Waals surface area contributed by atoms with E-state index in [0.29, 0.717) is 6.54 Å². The third-order valence-electron chi connectivity index (χ3n) is 2.86. The van der Waals surface area contributed by atoms with Gasteiger partial charge in [-0.05, 0) is 19.9 Å². The Labute approximate surface area is 106 Å². The van der Waals surface area contributed by atoms with Crippen molar-refractivity contribution in [3.63, 3.8) is 0 Å². The molecule has 1 N–H and O–H groups in total. The number of hydrogen-bond acceptors (Lipinski definition) is 3. The molecule has 2 heterocycles. The van der Waals surface area contributed by atoms with Gasteiger partial charge in [-0.3, -0.25) is 4.68 Å². The molecule has 2 aromatic heterocycles. The average Bonchev–Trinajstić information content (AvgIpc) is 2.95. The molecule has 2 aromatic rings. The molecule has 0 saturated carbocycles. The molecule has 18 heavy (non-hydrogen) atoms. The second-order valence-electron chi connectivity index (χ2n) is 4.08. The summed E-state index contributed by atoms with van der Waals surface area (Å²) in [5, 5.41) is 11.6. The van der Waals surface area contributed by atoms with Crippen LogP contribution in [-0.2, 0) is 19.6 Å². The van der Waals surface area contributed by atoms with E-state index in [9.17, 15) is 4.39 Å². The molecular formula is C12H18FN5. The molecule has 0 fully saturated rings. The van der Waals surface area contributed by atoms with Gasteiger partial charge in [0, 0.05) is 18.3 Å². The fourth-order valence-corrected chi connectivity index (χ4v) is 1.93. The second kappa shape index (κ2) is 5.66. The number of hydrogen-bond donors (Lipinski definition) is 1. The molecule has 6 heteroatoms. The van der Waals surface area contributed by atoms with Gasteiger partial charge < -0.3 is 5.32 Å². The average molecular weight is 251 g/mol. The van der Waals surface area contributed by atoms with Gasteiger partial charge in [0.25, 0.3) is 0 Å². The fourth-order valence-electron chi connectivity index (χ4n) is 1.93. The normalized spacial score (nSPS) is 10.8. The molecule has 0 aliphatic carbocycles. The summed E-state index contributed by atoms with van der Waals surface area (Å²) < 4.78 is 16.0. The van der Waals surface area contributed by atoms with Crippen LogP contribution in [0.25, 0.3) is 0 Å². The van der Waals surface area contributed by atoms with Gasteiger partial charge in [0.2, 0.25) is 0 Å². The zero-order valence-corrected chi connectivity index (χ0v) is 10.7. The van der Waals surface area contributed by atoms with Crippen molar-refractivity contribution in [3.05, 3.63) is 29.7 Å². The van der Waals surface area contributed by atoms with Crippen LogP contribution in [-0.4, -0.2) is 26.2 Å². The molecule has 0 bridgehead atoms. The smallest absolute Gasteiger partial charge is 0.127 e. The van der Waals surface area contributed by atoms with Crippen molar-refractivity contribution in [2.24, 2.45) is 0 Å². The van der Waals surface area contributed by atoms with Gasteiger partial charge in [0.15, 0.2) is 0 Å². The molecular weight excluding hydrogens is 233 g/mol. The standard InChI is InChI=1S/C12H18FN5/c1-3-17-11(4-6-15-17)9-14-12-10(2)8-16-18(12)7-5-13/h4,6,8,14H,3,5,7,9H2,1-2H3. The minimum atomic E-state index is -0.414. The van der Waals surface area contributed by atoms with E-state index in [1.807, 2.05) is 17.7 Å². The highest BCUT2D eigenvalue weighted by Gasteiger charge is 2.08. The van der Waals surface area contributed by atoms with Gasteiger partial charge in [-0.2, -0.15) is 10.2 Å². The lowest BCUT2D eigenvalue weighted by atomic mass is 10.3. The summed E-state index contributed by atoms with van der Waals surface area (Å²) in [6, 6.07) is 1.97. The van der Waals surface area contributed by atoms with Gasteiger partial charge in [-0.15, -0.1) is 0 Å². The Hall–Kier alpha value is -1.85. The van der Waals surface area contributed by atoms with Crippen molar-refractivity contribution in [2.45, 2.75) is 33.5 Å². The predicted molar refractivity (Wildman–Crippen MR) is 68.2 cm³/mol.